The van der Waals surface area contributed by atoms with Gasteiger partial charge in [0.25, 0.3) is 29.5 Å². The van der Waals surface area contributed by atoms with E-state index >= 15 is 0 Å². The van der Waals surface area contributed by atoms with Crippen LogP contribution in [0.25, 0.3) is 101 Å². The minimum absolute atomic E-state index is 0.112. The highest BCUT2D eigenvalue weighted by atomic mass is 19.2. The van der Waals surface area contributed by atoms with E-state index in [0.29, 0.717) is 177 Å². The third-order valence-electron chi connectivity index (χ3n) is 22.8. The number of amides is 5. The van der Waals surface area contributed by atoms with Crippen molar-refractivity contribution in [2.24, 2.45) is 0 Å². The summed E-state index contributed by atoms with van der Waals surface area (Å²) in [7, 11) is 0. The first-order valence-corrected chi connectivity index (χ1v) is 40.6. The molecule has 4 fully saturated rings. The van der Waals surface area contributed by atoms with Crippen LogP contribution in [0, 0.1) is 0 Å². The van der Waals surface area contributed by atoms with Crippen molar-refractivity contribution in [3.8, 4) is 57.0 Å². The summed E-state index contributed by atoms with van der Waals surface area (Å²) in [6.07, 6.45) is 24.7. The summed E-state index contributed by atoms with van der Waals surface area (Å²) in [5.41, 5.74) is 5.37. The van der Waals surface area contributed by atoms with Gasteiger partial charge in [-0.1, -0.05) is 5.16 Å². The number of H-pyrrole nitrogens is 3. The van der Waals surface area contributed by atoms with E-state index in [4.69, 9.17) is 10.2 Å². The Morgan fingerprint density at radius 1 is 0.416 bits per heavy atom. The van der Waals surface area contributed by atoms with Crippen LogP contribution in [0.15, 0.2) is 187 Å². The molecule has 35 nitrogen and oxygen atoms in total. The number of pyridine rings is 7. The number of carbonyl (C=O) groups is 5. The van der Waals surface area contributed by atoms with E-state index in [1.165, 1.54) is 11.1 Å². The maximum atomic E-state index is 14.1. The number of aromatic amines is 3. The van der Waals surface area contributed by atoms with Crippen LogP contribution >= 0.6 is 0 Å². The molecule has 18 heterocycles. The summed E-state index contributed by atoms with van der Waals surface area (Å²) < 4.78 is 68.2. The predicted octanol–water partition coefficient (Wildman–Crippen LogP) is 10.3. The first-order valence-electron chi connectivity index (χ1n) is 40.6. The van der Waals surface area contributed by atoms with Crippen molar-refractivity contribution in [2.45, 2.75) is 102 Å². The van der Waals surface area contributed by atoms with Gasteiger partial charge in [-0.15, -0.1) is 20.4 Å². The lowest BCUT2D eigenvalue weighted by Crippen LogP contribution is -2.43. The van der Waals surface area contributed by atoms with Crippen molar-refractivity contribution >= 4 is 73.7 Å². The molecule has 5 amide bonds. The number of aliphatic hydroxyl groups excluding tert-OH is 2. The van der Waals surface area contributed by atoms with Crippen LogP contribution in [0.1, 0.15) is 131 Å². The van der Waals surface area contributed by atoms with Gasteiger partial charge in [0.05, 0.1) is 71.1 Å². The van der Waals surface area contributed by atoms with E-state index in [1.807, 2.05) is 91.6 Å². The number of rotatable bonds is 16. The average molecular weight is 1700 g/mol. The topological polar surface area (TPSA) is 420 Å². The summed E-state index contributed by atoms with van der Waals surface area (Å²) in [6.45, 7) is 9.54. The molecule has 19 rings (SSSR count). The highest BCUT2D eigenvalue weighted by Gasteiger charge is 2.37. The fourth-order valence-corrected chi connectivity index (χ4v) is 15.3. The van der Waals surface area contributed by atoms with Crippen molar-refractivity contribution < 1.29 is 56.3 Å². The number of aromatic nitrogens is 21. The summed E-state index contributed by atoms with van der Waals surface area (Å²) in [6, 6.07) is 29.1. The summed E-state index contributed by atoms with van der Waals surface area (Å²) in [5, 5.41) is 53.0. The molecule has 39 heteroatoms. The van der Waals surface area contributed by atoms with Gasteiger partial charge in [0.2, 0.25) is 11.6 Å². The minimum atomic E-state index is -1.22. The van der Waals surface area contributed by atoms with E-state index < -0.39 is 28.4 Å². The van der Waals surface area contributed by atoms with Crippen LogP contribution in [-0.4, -0.2) is 270 Å². The number of nitrogens with zero attached hydrogens (tertiary/aromatic N) is 23. The monoisotopic (exact) mass is 1700 g/mol. The van der Waals surface area contributed by atoms with Crippen LogP contribution < -0.4 is 5.76 Å². The van der Waals surface area contributed by atoms with Crippen molar-refractivity contribution in [3.63, 3.8) is 0 Å². The Bertz CT molecular complexity index is 6440. The summed E-state index contributed by atoms with van der Waals surface area (Å²) in [5.74, 6) is -0.268. The molecule has 125 heavy (non-hydrogen) atoms. The number of carbonyl (C=O) groups excluding carboxylic acids is 5. The number of hydrogen-bond acceptors (Lipinski definition) is 23. The molecule has 4 aliphatic rings. The Hall–Kier alpha value is -14.5. The molecule has 0 atom stereocenters. The maximum absolute atomic E-state index is 14.1. The maximum Gasteiger partial charge on any atom is 0.439 e. The van der Waals surface area contributed by atoms with Gasteiger partial charge in [0, 0.05) is 171 Å². The standard InChI is InChI=1S/C25H29FN4O4.C21H19FN6O3.2C20H19FN8O/c1-25(26)7-10-28(11-8-25)24(34)20-16-19-6-9-30(22(19)27-17-20)21-4-2-18(3-5-21)23(33)29(12-14-31)13-15-32;1-21(22)3-6-27(7-4-21)19(29)15-8-13-2-5-28(18(13)24-11-15)16-9-14(10-23-12-16)17-25-20(30)31-26-17;1-20(21)3-6-28(7-4-20)19(30)15-8-13-2-5-29(18(13)23-11-15)16-9-14(10-22-12-16)17-24-26-27-25-17;1-20(21)5-8-28(9-6-20)19(30)14-10-13-4-7-29(18(13)23-11-14)15-2-3-16(22-12-15)17-24-26-27-25-17/h2-6,9,16-17,31-32H,7-8,10-15H2,1H3;2,5,8-12H,3-4,6-7H2,1H3,(H,25,26,30);2,5,8-12H,3-4,6-7H2,1H3,(H,24,25,26,27);2-4,7,10-12H,5-6,8-9H2,1H3,(H,24,25,26,27). The number of likely N-dealkylation sites (tertiary alicyclic amines) is 4. The zero-order valence-electron chi connectivity index (χ0n) is 68.4. The van der Waals surface area contributed by atoms with E-state index in [-0.39, 0.29) is 61.7 Å². The molecule has 14 aromatic heterocycles. The normalized spacial score (nSPS) is 15.9. The number of hydrogen-bond donors (Lipinski definition) is 5. The van der Waals surface area contributed by atoms with Crippen LogP contribution in [0.3, 0.4) is 0 Å². The molecule has 0 saturated carbocycles. The second kappa shape index (κ2) is 35.5. The number of nitrogens with one attached hydrogen (secondary N) is 3. The number of benzene rings is 1. The highest BCUT2D eigenvalue weighted by molar-refractivity contribution is 6.00. The molecule has 5 N–H and O–H groups in total. The average Bonchev–Trinajstić information content (AvgIpc) is 1.69. The number of aliphatic hydroxyl groups is 2. The van der Waals surface area contributed by atoms with Gasteiger partial charge in [0.1, 0.15) is 51.0 Å². The van der Waals surface area contributed by atoms with Crippen LogP contribution in [-0.2, 0) is 0 Å². The lowest BCUT2D eigenvalue weighted by molar-refractivity contribution is 0.0493. The highest BCUT2D eigenvalue weighted by Crippen LogP contribution is 2.34. The zero-order valence-corrected chi connectivity index (χ0v) is 68.4. The van der Waals surface area contributed by atoms with Gasteiger partial charge in [-0.25, -0.2) is 42.3 Å². The third kappa shape index (κ3) is 18.9. The van der Waals surface area contributed by atoms with E-state index in [1.54, 1.807) is 145 Å². The largest absolute Gasteiger partial charge is 0.439 e. The predicted molar refractivity (Wildman–Crippen MR) is 449 cm³/mol. The van der Waals surface area contributed by atoms with E-state index in [2.05, 4.69) is 90.8 Å². The second-order valence-electron chi connectivity index (χ2n) is 32.1. The van der Waals surface area contributed by atoms with Gasteiger partial charge < -0.3 is 39.3 Å². The number of fused-ring (bicyclic) bond motifs is 4. The van der Waals surface area contributed by atoms with Crippen molar-refractivity contribution in [3.05, 3.63) is 216 Å². The van der Waals surface area contributed by atoms with E-state index in [9.17, 15) is 46.3 Å². The Morgan fingerprint density at radius 3 is 1.13 bits per heavy atom. The Kier molecular flexibility index (Phi) is 23.9. The Morgan fingerprint density at radius 2 is 0.776 bits per heavy atom. The molecule has 0 aliphatic carbocycles. The Balaban J connectivity index is 0.000000123. The molecule has 642 valence electrons. The van der Waals surface area contributed by atoms with Crippen molar-refractivity contribution in [1.82, 2.24) is 129 Å². The lowest BCUT2D eigenvalue weighted by Gasteiger charge is -2.34. The molecule has 0 unspecified atom stereocenters. The first-order chi connectivity index (χ1) is 60.2. The van der Waals surface area contributed by atoms with Crippen LogP contribution in [0.5, 0.6) is 0 Å². The lowest BCUT2D eigenvalue weighted by atomic mass is 9.95. The number of alkyl halides is 4. The third-order valence-corrected chi connectivity index (χ3v) is 22.8. The molecule has 15 aromatic rings. The molecule has 0 bridgehead atoms. The molecule has 0 radical (unpaired) electrons. The van der Waals surface area contributed by atoms with Gasteiger partial charge in [-0.05, 0) is 187 Å². The smallest absolute Gasteiger partial charge is 0.395 e. The SMILES string of the molecule is CC1(F)CCN(C(=O)c2cnc3c(ccn3-c3ccc(-c4nn[nH]n4)nc3)c2)CC1.CC1(F)CCN(C(=O)c2cnc3c(ccn3-c3ccc(C(=O)N(CCO)CCO)cc3)c2)CC1.CC1(F)CCN(C(=O)c2cnc3c(ccn3-c3cncc(-c4nn[nH]n4)c3)c2)CC1.CC1(F)CCN(C(=O)c2cnc3c(ccn3-c3cncc(-c4noc(=O)[nH]4)c3)c2)CC1. The molecule has 1 aromatic carbocycles. The minimum Gasteiger partial charge on any atom is -0.395 e. The van der Waals surface area contributed by atoms with Gasteiger partial charge in [-0.3, -0.25) is 62.1 Å². The van der Waals surface area contributed by atoms with Crippen molar-refractivity contribution in [2.75, 3.05) is 78.7 Å². The van der Waals surface area contributed by atoms with Gasteiger partial charge in [-0.2, -0.15) is 10.4 Å². The fourth-order valence-electron chi connectivity index (χ4n) is 15.3. The van der Waals surface area contributed by atoms with E-state index in [0.717, 1.165) is 49.8 Å². The van der Waals surface area contributed by atoms with Gasteiger partial charge in [0.15, 0.2) is 5.82 Å². The summed E-state index contributed by atoms with van der Waals surface area (Å²) in [4.78, 5) is 117. The molecule has 4 saturated heterocycles. The Labute approximate surface area is 709 Å². The number of piperidine rings is 4. The molecule has 4 aliphatic heterocycles. The molecular formula is C86H86F4N26O9. The first kappa shape index (κ1) is 84.1. The van der Waals surface area contributed by atoms with Crippen LogP contribution in [0.4, 0.5) is 17.6 Å². The number of halogens is 4. The quantitative estimate of drug-likeness (QED) is 0.0561. The molecule has 0 spiro atoms. The second-order valence-corrected chi connectivity index (χ2v) is 32.1. The van der Waals surface area contributed by atoms with Gasteiger partial charge >= 0.3 is 5.76 Å². The van der Waals surface area contributed by atoms with Crippen LogP contribution in [0.2, 0.25) is 0 Å². The van der Waals surface area contributed by atoms with Crippen molar-refractivity contribution in [1.29, 1.82) is 0 Å². The number of tetrazole rings is 2. The summed E-state index contributed by atoms with van der Waals surface area (Å²) >= 11 is 0. The fraction of sp³-hybridized carbons (Fsp3) is 0.326. The zero-order chi connectivity index (χ0) is 87.3. The molecular weight excluding hydrogens is 1620 g/mol.